The van der Waals surface area contributed by atoms with Crippen LogP contribution >= 0.6 is 0 Å². The van der Waals surface area contributed by atoms with Crippen LogP contribution in [0.1, 0.15) is 48.0 Å². The van der Waals surface area contributed by atoms with Crippen molar-refractivity contribution < 1.29 is 0 Å². The SMILES string of the molecule is CCC(C)NCCNCC(C(C)C)C(C)C. The first-order valence-corrected chi connectivity index (χ1v) is 6.93. The van der Waals surface area contributed by atoms with Crippen LogP contribution in [-0.2, 0) is 0 Å². The second-order valence-corrected chi connectivity index (χ2v) is 5.62. The zero-order valence-electron chi connectivity index (χ0n) is 12.1. The van der Waals surface area contributed by atoms with Crippen molar-refractivity contribution >= 4 is 0 Å². The number of nitrogens with one attached hydrogen (secondary N) is 2. The Hall–Kier alpha value is -0.0800. The van der Waals surface area contributed by atoms with Gasteiger partial charge in [0.05, 0.1) is 0 Å². The van der Waals surface area contributed by atoms with E-state index in [0.717, 1.165) is 37.4 Å². The monoisotopic (exact) mass is 228 g/mol. The van der Waals surface area contributed by atoms with Gasteiger partial charge in [0.2, 0.25) is 0 Å². The molecule has 1 atom stereocenters. The maximum atomic E-state index is 3.57. The van der Waals surface area contributed by atoms with Gasteiger partial charge in [-0.05, 0) is 37.6 Å². The van der Waals surface area contributed by atoms with Gasteiger partial charge in [0.15, 0.2) is 0 Å². The fraction of sp³-hybridized carbons (Fsp3) is 1.00. The topological polar surface area (TPSA) is 24.1 Å². The van der Waals surface area contributed by atoms with Crippen LogP contribution in [0.3, 0.4) is 0 Å². The fourth-order valence-electron chi connectivity index (χ4n) is 2.06. The standard InChI is InChI=1S/C14H32N2/c1-7-13(6)16-9-8-15-10-14(11(2)3)12(4)5/h11-16H,7-10H2,1-6H3. The van der Waals surface area contributed by atoms with Crippen molar-refractivity contribution in [2.24, 2.45) is 17.8 Å². The highest BCUT2D eigenvalue weighted by Gasteiger charge is 2.16. The van der Waals surface area contributed by atoms with Gasteiger partial charge in [0.1, 0.15) is 0 Å². The van der Waals surface area contributed by atoms with E-state index in [-0.39, 0.29) is 0 Å². The summed E-state index contributed by atoms with van der Waals surface area (Å²) in [6, 6.07) is 0.646. The van der Waals surface area contributed by atoms with Crippen LogP contribution in [-0.4, -0.2) is 25.7 Å². The quantitative estimate of drug-likeness (QED) is 0.593. The van der Waals surface area contributed by atoms with Crippen LogP contribution in [0, 0.1) is 17.8 Å². The third-order valence-electron chi connectivity index (χ3n) is 3.50. The minimum Gasteiger partial charge on any atom is -0.315 e. The number of rotatable bonds is 9. The van der Waals surface area contributed by atoms with Crippen LogP contribution in [0.4, 0.5) is 0 Å². The van der Waals surface area contributed by atoms with Gasteiger partial charge in [0.25, 0.3) is 0 Å². The van der Waals surface area contributed by atoms with E-state index in [1.54, 1.807) is 0 Å². The van der Waals surface area contributed by atoms with E-state index in [1.807, 2.05) is 0 Å². The van der Waals surface area contributed by atoms with Crippen LogP contribution in [0.5, 0.6) is 0 Å². The molecule has 0 fully saturated rings. The summed E-state index contributed by atoms with van der Waals surface area (Å²) in [4.78, 5) is 0. The van der Waals surface area contributed by atoms with E-state index >= 15 is 0 Å². The van der Waals surface area contributed by atoms with Crippen LogP contribution < -0.4 is 10.6 Å². The van der Waals surface area contributed by atoms with Gasteiger partial charge >= 0.3 is 0 Å². The Morgan fingerprint density at radius 2 is 1.44 bits per heavy atom. The zero-order valence-corrected chi connectivity index (χ0v) is 12.1. The van der Waals surface area contributed by atoms with Gasteiger partial charge in [-0.2, -0.15) is 0 Å². The second-order valence-electron chi connectivity index (χ2n) is 5.62. The van der Waals surface area contributed by atoms with Crippen LogP contribution in [0.15, 0.2) is 0 Å². The van der Waals surface area contributed by atoms with E-state index in [4.69, 9.17) is 0 Å². The molecule has 0 heterocycles. The summed E-state index contributed by atoms with van der Waals surface area (Å²) < 4.78 is 0. The molecule has 0 amide bonds. The highest BCUT2D eigenvalue weighted by Crippen LogP contribution is 2.19. The molecule has 0 spiro atoms. The van der Waals surface area contributed by atoms with Gasteiger partial charge in [-0.3, -0.25) is 0 Å². The van der Waals surface area contributed by atoms with E-state index in [9.17, 15) is 0 Å². The predicted molar refractivity (Wildman–Crippen MR) is 73.8 cm³/mol. The van der Waals surface area contributed by atoms with Crippen molar-refractivity contribution in [1.82, 2.24) is 10.6 Å². The van der Waals surface area contributed by atoms with Gasteiger partial charge < -0.3 is 10.6 Å². The third kappa shape index (κ3) is 7.24. The summed E-state index contributed by atoms with van der Waals surface area (Å²) in [5.74, 6) is 2.34. The molecule has 0 aliphatic rings. The van der Waals surface area contributed by atoms with Crippen molar-refractivity contribution in [1.29, 1.82) is 0 Å². The molecule has 0 aliphatic carbocycles. The summed E-state index contributed by atoms with van der Waals surface area (Å²) in [7, 11) is 0. The molecule has 16 heavy (non-hydrogen) atoms. The smallest absolute Gasteiger partial charge is 0.00792 e. The number of hydrogen-bond acceptors (Lipinski definition) is 2. The van der Waals surface area contributed by atoms with Gasteiger partial charge in [-0.1, -0.05) is 34.6 Å². The van der Waals surface area contributed by atoms with E-state index in [2.05, 4.69) is 52.2 Å². The molecule has 0 aromatic rings. The molecule has 0 aliphatic heterocycles. The lowest BCUT2D eigenvalue weighted by Crippen LogP contribution is -2.36. The molecule has 0 bridgehead atoms. The molecule has 2 nitrogen and oxygen atoms in total. The molecule has 2 N–H and O–H groups in total. The van der Waals surface area contributed by atoms with Crippen molar-refractivity contribution in [3.8, 4) is 0 Å². The molecule has 98 valence electrons. The highest BCUT2D eigenvalue weighted by molar-refractivity contribution is 4.70. The average Bonchev–Trinajstić information content (AvgIpc) is 2.21. The zero-order chi connectivity index (χ0) is 12.6. The molecule has 0 saturated heterocycles. The lowest BCUT2D eigenvalue weighted by molar-refractivity contribution is 0.276. The maximum Gasteiger partial charge on any atom is 0.00792 e. The maximum absolute atomic E-state index is 3.57. The Morgan fingerprint density at radius 1 is 0.875 bits per heavy atom. The van der Waals surface area contributed by atoms with Crippen LogP contribution in [0.2, 0.25) is 0 Å². The Bertz CT molecular complexity index is 147. The van der Waals surface area contributed by atoms with E-state index in [1.165, 1.54) is 6.42 Å². The summed E-state index contributed by atoms with van der Waals surface area (Å²) in [6.45, 7) is 17.1. The fourth-order valence-corrected chi connectivity index (χ4v) is 2.06. The summed E-state index contributed by atoms with van der Waals surface area (Å²) in [6.07, 6.45) is 1.21. The Morgan fingerprint density at radius 3 is 1.88 bits per heavy atom. The number of hydrogen-bond donors (Lipinski definition) is 2. The Kier molecular flexibility index (Phi) is 8.96. The average molecular weight is 228 g/mol. The van der Waals surface area contributed by atoms with E-state index < -0.39 is 0 Å². The van der Waals surface area contributed by atoms with Crippen molar-refractivity contribution in [2.75, 3.05) is 19.6 Å². The molecule has 0 rings (SSSR count). The molecule has 0 saturated carbocycles. The lowest BCUT2D eigenvalue weighted by Gasteiger charge is -2.25. The van der Waals surface area contributed by atoms with Crippen LogP contribution in [0.25, 0.3) is 0 Å². The minimum absolute atomic E-state index is 0.646. The first-order chi connectivity index (χ1) is 7.49. The van der Waals surface area contributed by atoms with Gasteiger partial charge in [-0.25, -0.2) is 0 Å². The molecular formula is C14H32N2. The molecule has 0 aromatic carbocycles. The molecule has 1 unspecified atom stereocenters. The van der Waals surface area contributed by atoms with Gasteiger partial charge in [-0.15, -0.1) is 0 Å². The Balaban J connectivity index is 3.55. The molecule has 2 heteroatoms. The van der Waals surface area contributed by atoms with Crippen molar-refractivity contribution in [3.05, 3.63) is 0 Å². The van der Waals surface area contributed by atoms with Crippen molar-refractivity contribution in [3.63, 3.8) is 0 Å². The Labute approximate surface area is 103 Å². The summed E-state index contributed by atoms with van der Waals surface area (Å²) >= 11 is 0. The van der Waals surface area contributed by atoms with Gasteiger partial charge in [0, 0.05) is 19.1 Å². The first-order valence-electron chi connectivity index (χ1n) is 6.93. The predicted octanol–water partition coefficient (Wildman–Crippen LogP) is 2.89. The third-order valence-corrected chi connectivity index (χ3v) is 3.50. The largest absolute Gasteiger partial charge is 0.315 e. The lowest BCUT2D eigenvalue weighted by atomic mass is 9.85. The first kappa shape index (κ1) is 15.9. The van der Waals surface area contributed by atoms with Crippen molar-refractivity contribution in [2.45, 2.75) is 54.0 Å². The summed E-state index contributed by atoms with van der Waals surface area (Å²) in [5, 5.41) is 7.07. The minimum atomic E-state index is 0.646. The second kappa shape index (κ2) is 9.00. The summed E-state index contributed by atoms with van der Waals surface area (Å²) in [5.41, 5.74) is 0. The normalized spacial score (nSPS) is 14.1. The molecule has 0 aromatic heterocycles. The highest BCUT2D eigenvalue weighted by atomic mass is 15.0. The molecule has 0 radical (unpaired) electrons. The van der Waals surface area contributed by atoms with E-state index in [0.29, 0.717) is 6.04 Å². The molecular weight excluding hydrogens is 196 g/mol.